The molecule has 1 aromatic rings. The van der Waals surface area contributed by atoms with Crippen LogP contribution in [-0.2, 0) is 6.42 Å². The van der Waals surface area contributed by atoms with E-state index in [-0.39, 0.29) is 5.91 Å². The zero-order valence-corrected chi connectivity index (χ0v) is 11.2. The van der Waals surface area contributed by atoms with Gasteiger partial charge in [-0.15, -0.1) is 0 Å². The van der Waals surface area contributed by atoms with E-state index in [1.54, 1.807) is 0 Å². The van der Waals surface area contributed by atoms with Gasteiger partial charge < -0.3 is 9.88 Å². The van der Waals surface area contributed by atoms with Crippen molar-refractivity contribution in [2.45, 2.75) is 25.3 Å². The van der Waals surface area contributed by atoms with Gasteiger partial charge in [-0.1, -0.05) is 0 Å². The molecule has 1 aromatic heterocycles. The van der Waals surface area contributed by atoms with Crippen LogP contribution in [0.5, 0.6) is 0 Å². The number of rotatable bonds is 1. The van der Waals surface area contributed by atoms with Gasteiger partial charge in [0.1, 0.15) is 0 Å². The third-order valence-corrected chi connectivity index (χ3v) is 4.34. The maximum atomic E-state index is 12.2. The van der Waals surface area contributed by atoms with Gasteiger partial charge in [0.25, 0.3) is 5.91 Å². The van der Waals surface area contributed by atoms with Crippen LogP contribution in [0.4, 0.5) is 0 Å². The van der Waals surface area contributed by atoms with E-state index in [1.807, 2.05) is 4.90 Å². The lowest BCUT2D eigenvalue weighted by atomic mass is 10.0. The Hall–Kier alpha value is -0.290. The van der Waals surface area contributed by atoms with Crippen LogP contribution >= 0.6 is 31.9 Å². The second-order valence-corrected chi connectivity index (χ2v) is 5.67. The van der Waals surface area contributed by atoms with Gasteiger partial charge in [0.15, 0.2) is 0 Å². The second-order valence-electron chi connectivity index (χ2n) is 4.09. The highest BCUT2D eigenvalue weighted by atomic mass is 79.9. The largest absolute Gasteiger partial charge is 0.343 e. The van der Waals surface area contributed by atoms with Crippen LogP contribution in [0.3, 0.4) is 0 Å². The van der Waals surface area contributed by atoms with E-state index in [9.17, 15) is 4.79 Å². The van der Waals surface area contributed by atoms with E-state index >= 15 is 0 Å². The van der Waals surface area contributed by atoms with E-state index in [0.717, 1.165) is 33.3 Å². The van der Waals surface area contributed by atoms with Crippen molar-refractivity contribution in [1.29, 1.82) is 0 Å². The number of carbonyl (C=O) groups is 1. The molecule has 0 radical (unpaired) electrons. The predicted octanol–water partition coefficient (Wildman–Crippen LogP) is 2.70. The number of carbonyl (C=O) groups excluding carboxylic acids is 1. The number of nitrogens with one attached hydrogen (secondary N) is 1. The third kappa shape index (κ3) is 1.47. The number of H-pyrrole nitrogens is 1. The molecule has 3 rings (SSSR count). The van der Waals surface area contributed by atoms with Gasteiger partial charge in [-0.05, 0) is 56.7 Å². The van der Waals surface area contributed by atoms with Crippen molar-refractivity contribution in [1.82, 2.24) is 9.88 Å². The number of hydrogen-bond acceptors (Lipinski definition) is 1. The third-order valence-electron chi connectivity index (χ3n) is 3.07. The molecule has 1 N–H and O–H groups in total. The molecule has 0 bridgehead atoms. The van der Waals surface area contributed by atoms with Gasteiger partial charge in [0, 0.05) is 12.6 Å². The molecule has 0 atom stereocenters. The summed E-state index contributed by atoms with van der Waals surface area (Å²) in [6.07, 6.45) is 3.29. The fraction of sp³-hybridized carbons (Fsp3) is 0.500. The van der Waals surface area contributed by atoms with Gasteiger partial charge in [0.2, 0.25) is 0 Å². The maximum Gasteiger partial charge on any atom is 0.257 e. The van der Waals surface area contributed by atoms with Crippen molar-refractivity contribution in [3.63, 3.8) is 0 Å². The fourth-order valence-electron chi connectivity index (χ4n) is 2.15. The van der Waals surface area contributed by atoms with Gasteiger partial charge in [-0.3, -0.25) is 4.79 Å². The normalized spacial score (nSPS) is 20.7. The first-order valence-corrected chi connectivity index (χ1v) is 6.64. The molecule has 2 heterocycles. The minimum atomic E-state index is 0.174. The van der Waals surface area contributed by atoms with Gasteiger partial charge in [-0.2, -0.15) is 0 Å². The fourth-order valence-corrected chi connectivity index (χ4v) is 3.61. The van der Waals surface area contributed by atoms with Crippen molar-refractivity contribution >= 4 is 37.8 Å². The summed E-state index contributed by atoms with van der Waals surface area (Å²) in [7, 11) is 0. The molecule has 1 aliphatic heterocycles. The molecule has 0 saturated heterocycles. The Morgan fingerprint density at radius 2 is 2.00 bits per heavy atom. The Kier molecular flexibility index (Phi) is 2.21. The van der Waals surface area contributed by atoms with Gasteiger partial charge in [0.05, 0.1) is 14.8 Å². The molecule has 1 saturated carbocycles. The van der Waals surface area contributed by atoms with E-state index in [2.05, 4.69) is 36.8 Å². The van der Waals surface area contributed by atoms with E-state index in [0.29, 0.717) is 6.04 Å². The van der Waals surface area contributed by atoms with Crippen LogP contribution in [0.1, 0.15) is 28.8 Å². The smallest absolute Gasteiger partial charge is 0.257 e. The average Bonchev–Trinajstić information content (AvgIpc) is 2.96. The van der Waals surface area contributed by atoms with Crippen LogP contribution < -0.4 is 0 Å². The average molecular weight is 334 g/mol. The molecule has 3 nitrogen and oxygen atoms in total. The summed E-state index contributed by atoms with van der Waals surface area (Å²) in [5, 5.41) is 0. The lowest BCUT2D eigenvalue weighted by molar-refractivity contribution is 0.0726. The van der Waals surface area contributed by atoms with Crippen molar-refractivity contribution in [2.24, 2.45) is 0 Å². The quantitative estimate of drug-likeness (QED) is 0.842. The summed E-state index contributed by atoms with van der Waals surface area (Å²) in [6, 6.07) is 0.506. The van der Waals surface area contributed by atoms with Crippen molar-refractivity contribution < 1.29 is 4.79 Å². The van der Waals surface area contributed by atoms with Crippen molar-refractivity contribution in [2.75, 3.05) is 6.54 Å². The van der Waals surface area contributed by atoms with Crippen molar-refractivity contribution in [3.05, 3.63) is 20.3 Å². The minimum absolute atomic E-state index is 0.174. The van der Waals surface area contributed by atoms with Gasteiger partial charge >= 0.3 is 0 Å². The second kappa shape index (κ2) is 3.35. The lowest BCUT2D eigenvalue weighted by Crippen LogP contribution is -2.38. The first-order valence-electron chi connectivity index (χ1n) is 5.05. The highest BCUT2D eigenvalue weighted by molar-refractivity contribution is 9.11. The molecule has 0 aromatic carbocycles. The van der Waals surface area contributed by atoms with Crippen LogP contribution in [0.2, 0.25) is 0 Å². The molecule has 0 unspecified atom stereocenters. The standard InChI is InChI=1S/C10H10Br2N2O/c11-8-6-3-4-14(5-1-2-5)10(15)7(6)9(12)13-8/h5,13H,1-4H2. The number of aromatic amines is 1. The zero-order valence-electron chi connectivity index (χ0n) is 8.02. The molecule has 15 heavy (non-hydrogen) atoms. The minimum Gasteiger partial charge on any atom is -0.343 e. The first-order chi connectivity index (χ1) is 7.18. The molecule has 2 aliphatic rings. The highest BCUT2D eigenvalue weighted by Crippen LogP contribution is 2.36. The van der Waals surface area contributed by atoms with E-state index < -0.39 is 0 Å². The number of amides is 1. The Morgan fingerprint density at radius 1 is 1.27 bits per heavy atom. The van der Waals surface area contributed by atoms with Crippen LogP contribution in [0, 0.1) is 0 Å². The van der Waals surface area contributed by atoms with Crippen LogP contribution in [-0.4, -0.2) is 28.4 Å². The molecule has 80 valence electrons. The van der Waals surface area contributed by atoms with E-state index in [1.165, 1.54) is 12.8 Å². The summed E-state index contributed by atoms with van der Waals surface area (Å²) in [5.74, 6) is 0.174. The zero-order chi connectivity index (χ0) is 10.6. The molecule has 0 spiro atoms. The van der Waals surface area contributed by atoms with Crippen LogP contribution in [0.25, 0.3) is 0 Å². The van der Waals surface area contributed by atoms with Gasteiger partial charge in [-0.25, -0.2) is 0 Å². The lowest BCUT2D eigenvalue weighted by Gasteiger charge is -2.27. The SMILES string of the molecule is O=C1c2c(Br)[nH]c(Br)c2CCN1C1CC1. The molecular weight excluding hydrogens is 324 g/mol. The molecule has 1 fully saturated rings. The Labute approximate surface area is 104 Å². The Bertz CT molecular complexity index is 437. The number of fused-ring (bicyclic) bond motifs is 1. The topological polar surface area (TPSA) is 36.1 Å². The molecule has 1 aliphatic carbocycles. The summed E-state index contributed by atoms with van der Waals surface area (Å²) < 4.78 is 1.74. The summed E-state index contributed by atoms with van der Waals surface area (Å²) in [5.41, 5.74) is 1.93. The number of halogens is 2. The Morgan fingerprint density at radius 3 is 2.67 bits per heavy atom. The monoisotopic (exact) mass is 332 g/mol. The van der Waals surface area contributed by atoms with E-state index in [4.69, 9.17) is 0 Å². The highest BCUT2D eigenvalue weighted by Gasteiger charge is 2.38. The van der Waals surface area contributed by atoms with Crippen molar-refractivity contribution in [3.8, 4) is 0 Å². The predicted molar refractivity (Wildman–Crippen MR) is 64.0 cm³/mol. The summed E-state index contributed by atoms with van der Waals surface area (Å²) >= 11 is 6.85. The Balaban J connectivity index is 2.04. The number of aromatic nitrogens is 1. The number of nitrogens with zero attached hydrogens (tertiary/aromatic N) is 1. The first kappa shape index (κ1) is 9.90. The molecule has 1 amide bonds. The maximum absolute atomic E-state index is 12.2. The molecule has 5 heteroatoms. The number of hydrogen-bond donors (Lipinski definition) is 1. The summed E-state index contributed by atoms with van der Waals surface area (Å²) in [6.45, 7) is 0.861. The van der Waals surface area contributed by atoms with Crippen LogP contribution in [0.15, 0.2) is 9.21 Å². The summed E-state index contributed by atoms with van der Waals surface area (Å²) in [4.78, 5) is 17.3. The molecular formula is C10H10Br2N2O.